The molecule has 0 saturated heterocycles. The Morgan fingerprint density at radius 2 is 1.91 bits per heavy atom. The minimum absolute atomic E-state index is 0.906. The van der Waals surface area contributed by atoms with Gasteiger partial charge in [0.15, 0.2) is 0 Å². The fourth-order valence-electron chi connectivity index (χ4n) is 3.65. The van der Waals surface area contributed by atoms with Crippen molar-refractivity contribution in [2.24, 2.45) is 16.7 Å². The average Bonchev–Trinajstić information content (AvgIpc) is 2.51. The minimum atomic E-state index is 0.906. The molecular weight excluding hydrogens is 200 g/mol. The maximum atomic E-state index is 3.58. The lowest BCUT2D eigenvalue weighted by atomic mass is 9.63. The van der Waals surface area contributed by atoms with Crippen LogP contribution in [0.2, 0.25) is 0 Å². The number of halogens is 1. The molecule has 0 aromatic heterocycles. The van der Waals surface area contributed by atoms with Crippen LogP contribution in [0, 0.1) is 16.7 Å². The van der Waals surface area contributed by atoms with Gasteiger partial charge in [0.2, 0.25) is 0 Å². The Hall–Kier alpha value is 0.480. The maximum absolute atomic E-state index is 3.58. The van der Waals surface area contributed by atoms with Gasteiger partial charge in [-0.3, -0.25) is 0 Å². The van der Waals surface area contributed by atoms with Crippen LogP contribution in [0.25, 0.3) is 0 Å². The van der Waals surface area contributed by atoms with Gasteiger partial charge in [0, 0.05) is 5.33 Å². The first-order valence-electron chi connectivity index (χ1n) is 4.86. The Kier molecular flexibility index (Phi) is 1.18. The van der Waals surface area contributed by atoms with Crippen LogP contribution in [0.1, 0.15) is 38.5 Å². The molecule has 3 fully saturated rings. The summed E-state index contributed by atoms with van der Waals surface area (Å²) in [5.74, 6) is 1.04. The summed E-state index contributed by atoms with van der Waals surface area (Å²) in [6, 6.07) is 0. The predicted molar refractivity (Wildman–Crippen MR) is 49.9 cm³/mol. The fraction of sp³-hybridized carbons (Fsp3) is 1.00. The molecule has 3 saturated carbocycles. The zero-order valence-corrected chi connectivity index (χ0v) is 8.49. The van der Waals surface area contributed by atoms with E-state index in [0.717, 1.165) is 16.7 Å². The molecule has 0 atom stereocenters. The highest BCUT2D eigenvalue weighted by Crippen LogP contribution is 2.82. The van der Waals surface area contributed by atoms with Crippen LogP contribution in [-0.2, 0) is 0 Å². The monoisotopic (exact) mass is 214 g/mol. The smallest absolute Gasteiger partial charge is 0.00600 e. The van der Waals surface area contributed by atoms with Crippen molar-refractivity contribution in [3.05, 3.63) is 0 Å². The lowest BCUT2D eigenvalue weighted by Crippen LogP contribution is -2.34. The summed E-state index contributed by atoms with van der Waals surface area (Å²) in [4.78, 5) is 0. The number of alkyl halides is 1. The molecule has 0 nitrogen and oxygen atoms in total. The Bertz CT molecular complexity index is 187. The molecule has 0 aromatic carbocycles. The molecular formula is C10H15Br. The Balaban J connectivity index is 1.66. The summed E-state index contributed by atoms with van der Waals surface area (Å²) >= 11 is 3.58. The number of hydrogen-bond donors (Lipinski definition) is 0. The Morgan fingerprint density at radius 3 is 2.27 bits per heavy atom. The number of rotatable bonds is 1. The van der Waals surface area contributed by atoms with Gasteiger partial charge in [-0.15, -0.1) is 0 Å². The molecule has 1 heteroatoms. The third kappa shape index (κ3) is 0.672. The zero-order valence-electron chi connectivity index (χ0n) is 6.91. The quantitative estimate of drug-likeness (QED) is 0.588. The van der Waals surface area contributed by atoms with E-state index in [1.165, 1.54) is 11.8 Å². The van der Waals surface area contributed by atoms with Crippen molar-refractivity contribution in [2.75, 3.05) is 5.33 Å². The first kappa shape index (κ1) is 6.94. The van der Waals surface area contributed by atoms with E-state index in [2.05, 4.69) is 15.9 Å². The summed E-state index contributed by atoms with van der Waals surface area (Å²) in [5.41, 5.74) is 1.83. The summed E-state index contributed by atoms with van der Waals surface area (Å²) in [5, 5.41) is 1.25. The van der Waals surface area contributed by atoms with Gasteiger partial charge in [-0.05, 0) is 48.9 Å². The van der Waals surface area contributed by atoms with E-state index in [-0.39, 0.29) is 0 Å². The van der Waals surface area contributed by atoms with Gasteiger partial charge in [-0.2, -0.15) is 0 Å². The molecule has 0 heterocycles. The largest absolute Gasteiger partial charge is 0.0925 e. The molecule has 2 spiro atoms. The van der Waals surface area contributed by atoms with Gasteiger partial charge in [0.05, 0.1) is 0 Å². The maximum Gasteiger partial charge on any atom is 0.00600 e. The van der Waals surface area contributed by atoms with Crippen molar-refractivity contribution in [1.29, 1.82) is 0 Å². The highest BCUT2D eigenvalue weighted by molar-refractivity contribution is 9.09. The SMILES string of the molecule is BrCC1CC2(C1)CC21CCC1. The van der Waals surface area contributed by atoms with Crippen LogP contribution in [-0.4, -0.2) is 5.33 Å². The molecule has 11 heavy (non-hydrogen) atoms. The topological polar surface area (TPSA) is 0 Å². The van der Waals surface area contributed by atoms with Crippen LogP contribution in [0.5, 0.6) is 0 Å². The van der Waals surface area contributed by atoms with Crippen LogP contribution in [0.3, 0.4) is 0 Å². The van der Waals surface area contributed by atoms with Crippen LogP contribution < -0.4 is 0 Å². The second-order valence-electron chi connectivity index (χ2n) is 5.02. The summed E-state index contributed by atoms with van der Waals surface area (Å²) in [6.45, 7) is 0. The second-order valence-corrected chi connectivity index (χ2v) is 5.67. The highest BCUT2D eigenvalue weighted by atomic mass is 79.9. The van der Waals surface area contributed by atoms with Crippen molar-refractivity contribution in [3.8, 4) is 0 Å². The first-order valence-corrected chi connectivity index (χ1v) is 5.98. The molecule has 0 radical (unpaired) electrons. The van der Waals surface area contributed by atoms with Crippen molar-refractivity contribution in [1.82, 2.24) is 0 Å². The molecule has 3 aliphatic rings. The third-order valence-electron chi connectivity index (χ3n) is 4.56. The van der Waals surface area contributed by atoms with Crippen molar-refractivity contribution >= 4 is 15.9 Å². The summed E-state index contributed by atoms with van der Waals surface area (Å²) < 4.78 is 0. The second kappa shape index (κ2) is 1.86. The molecule has 0 N–H and O–H groups in total. The molecule has 62 valence electrons. The summed E-state index contributed by atoms with van der Waals surface area (Å²) in [6.07, 6.45) is 9.38. The zero-order chi connectivity index (χ0) is 7.53. The lowest BCUT2D eigenvalue weighted by molar-refractivity contribution is 0.0849. The van der Waals surface area contributed by atoms with Gasteiger partial charge < -0.3 is 0 Å². The first-order chi connectivity index (χ1) is 5.30. The van der Waals surface area contributed by atoms with Gasteiger partial charge in [-0.1, -0.05) is 22.4 Å². The Morgan fingerprint density at radius 1 is 1.18 bits per heavy atom. The third-order valence-corrected chi connectivity index (χ3v) is 5.48. The average molecular weight is 215 g/mol. The van der Waals surface area contributed by atoms with Crippen LogP contribution >= 0.6 is 15.9 Å². The van der Waals surface area contributed by atoms with Crippen molar-refractivity contribution in [2.45, 2.75) is 38.5 Å². The molecule has 0 aromatic rings. The van der Waals surface area contributed by atoms with E-state index in [4.69, 9.17) is 0 Å². The number of fused-ring (bicyclic) bond motifs is 1. The molecule has 0 unspecified atom stereocenters. The van der Waals surface area contributed by atoms with Gasteiger partial charge >= 0.3 is 0 Å². The molecule has 0 aliphatic heterocycles. The van der Waals surface area contributed by atoms with E-state index in [1.54, 1.807) is 32.1 Å². The van der Waals surface area contributed by atoms with E-state index < -0.39 is 0 Å². The van der Waals surface area contributed by atoms with E-state index in [9.17, 15) is 0 Å². The van der Waals surface area contributed by atoms with E-state index in [1.807, 2.05) is 0 Å². The number of hydrogen-bond acceptors (Lipinski definition) is 0. The van der Waals surface area contributed by atoms with Crippen molar-refractivity contribution in [3.63, 3.8) is 0 Å². The fourth-order valence-corrected chi connectivity index (χ4v) is 4.10. The van der Waals surface area contributed by atoms with Gasteiger partial charge in [0.25, 0.3) is 0 Å². The molecule has 3 aliphatic carbocycles. The van der Waals surface area contributed by atoms with Crippen molar-refractivity contribution < 1.29 is 0 Å². The molecule has 0 bridgehead atoms. The predicted octanol–water partition coefficient (Wildman–Crippen LogP) is 3.35. The van der Waals surface area contributed by atoms with Gasteiger partial charge in [-0.25, -0.2) is 0 Å². The molecule has 0 amide bonds. The van der Waals surface area contributed by atoms with Crippen LogP contribution in [0.4, 0.5) is 0 Å². The minimum Gasteiger partial charge on any atom is -0.0925 e. The van der Waals surface area contributed by atoms with E-state index >= 15 is 0 Å². The Labute approximate surface area is 76.9 Å². The van der Waals surface area contributed by atoms with Gasteiger partial charge in [0.1, 0.15) is 0 Å². The van der Waals surface area contributed by atoms with E-state index in [0.29, 0.717) is 0 Å². The normalized spacial score (nSPS) is 50.5. The molecule has 3 rings (SSSR count). The summed E-state index contributed by atoms with van der Waals surface area (Å²) in [7, 11) is 0. The van der Waals surface area contributed by atoms with Crippen LogP contribution in [0.15, 0.2) is 0 Å². The highest BCUT2D eigenvalue weighted by Gasteiger charge is 2.72. The lowest BCUT2D eigenvalue weighted by Gasteiger charge is -2.43. The standard InChI is InChI=1S/C10H15Br/c11-6-8-4-10(5-8)7-9(10)2-1-3-9/h8H,1-7H2.